The third-order valence-electron chi connectivity index (χ3n) is 5.15. The van der Waals surface area contributed by atoms with Crippen LogP contribution < -0.4 is 5.32 Å². The van der Waals surface area contributed by atoms with Gasteiger partial charge in [0.2, 0.25) is 0 Å². The summed E-state index contributed by atoms with van der Waals surface area (Å²) in [6.07, 6.45) is 3.85. The van der Waals surface area contributed by atoms with E-state index in [9.17, 15) is 0 Å². The van der Waals surface area contributed by atoms with Gasteiger partial charge in [-0.2, -0.15) is 0 Å². The maximum absolute atomic E-state index is 3.50. The zero-order chi connectivity index (χ0) is 15.2. The van der Waals surface area contributed by atoms with Gasteiger partial charge in [0.1, 0.15) is 0 Å². The Morgan fingerprint density at radius 3 is 2.24 bits per heavy atom. The summed E-state index contributed by atoms with van der Waals surface area (Å²) in [5.41, 5.74) is 2.84. The van der Waals surface area contributed by atoms with Crippen molar-refractivity contribution in [2.45, 2.75) is 46.1 Å². The molecule has 2 nitrogen and oxygen atoms in total. The summed E-state index contributed by atoms with van der Waals surface area (Å²) in [4.78, 5) is 2.63. The zero-order valence-electron chi connectivity index (χ0n) is 14.2. The smallest absolute Gasteiger partial charge is 0.0446 e. The number of hydrogen-bond acceptors (Lipinski definition) is 2. The number of rotatable bonds is 6. The molecule has 0 spiro atoms. The summed E-state index contributed by atoms with van der Waals surface area (Å²) >= 11 is 0. The van der Waals surface area contributed by atoms with E-state index in [0.717, 1.165) is 24.8 Å². The normalized spacial score (nSPS) is 19.1. The molecule has 1 aromatic rings. The summed E-state index contributed by atoms with van der Waals surface area (Å²) in [5, 5.41) is 3.50. The number of nitrogens with one attached hydrogen (secondary N) is 1. The van der Waals surface area contributed by atoms with E-state index in [0.29, 0.717) is 6.04 Å². The van der Waals surface area contributed by atoms with Crippen LogP contribution in [-0.4, -0.2) is 31.6 Å². The van der Waals surface area contributed by atoms with Crippen molar-refractivity contribution in [2.75, 3.05) is 26.7 Å². The van der Waals surface area contributed by atoms with E-state index >= 15 is 0 Å². The molecule has 1 N–H and O–H groups in total. The third kappa shape index (κ3) is 4.55. The van der Waals surface area contributed by atoms with E-state index < -0.39 is 0 Å². The molecule has 0 saturated carbocycles. The molecule has 0 aliphatic carbocycles. The first-order valence-electron chi connectivity index (χ1n) is 8.62. The van der Waals surface area contributed by atoms with Gasteiger partial charge in [-0.1, -0.05) is 45.0 Å². The average molecular weight is 288 g/mol. The SMILES string of the molecule is CCc1ccc(C(CN2CCC(C(C)C)CC2)NC)cc1. The highest BCUT2D eigenvalue weighted by atomic mass is 15.1. The lowest BCUT2D eigenvalue weighted by atomic mass is 9.86. The average Bonchev–Trinajstić information content (AvgIpc) is 2.53. The molecule has 2 heteroatoms. The predicted octanol–water partition coefficient (Wildman–Crippen LogP) is 3.88. The van der Waals surface area contributed by atoms with Gasteiger partial charge in [-0.05, 0) is 62.4 Å². The fourth-order valence-electron chi connectivity index (χ4n) is 3.41. The first kappa shape index (κ1) is 16.5. The molecule has 1 unspecified atom stereocenters. The molecule has 0 bridgehead atoms. The summed E-state index contributed by atoms with van der Waals surface area (Å²) < 4.78 is 0. The molecule has 1 fully saturated rings. The fourth-order valence-corrected chi connectivity index (χ4v) is 3.41. The van der Waals surface area contributed by atoms with Gasteiger partial charge in [-0.3, -0.25) is 0 Å². The van der Waals surface area contributed by atoms with Crippen LogP contribution in [0.4, 0.5) is 0 Å². The standard InChI is InChI=1S/C19H32N2/c1-5-16-6-8-18(9-7-16)19(20-4)14-21-12-10-17(11-13-21)15(2)3/h6-9,15,17,19-20H,5,10-14H2,1-4H3. The van der Waals surface area contributed by atoms with Crippen molar-refractivity contribution in [3.05, 3.63) is 35.4 Å². The van der Waals surface area contributed by atoms with Crippen molar-refractivity contribution in [1.82, 2.24) is 10.2 Å². The number of benzene rings is 1. The monoisotopic (exact) mass is 288 g/mol. The van der Waals surface area contributed by atoms with Gasteiger partial charge in [0.15, 0.2) is 0 Å². The van der Waals surface area contributed by atoms with Crippen LogP contribution in [0.5, 0.6) is 0 Å². The Balaban J connectivity index is 1.90. The van der Waals surface area contributed by atoms with E-state index in [1.807, 2.05) is 0 Å². The van der Waals surface area contributed by atoms with Crippen molar-refractivity contribution in [1.29, 1.82) is 0 Å². The number of hydrogen-bond donors (Lipinski definition) is 1. The van der Waals surface area contributed by atoms with E-state index in [1.165, 1.54) is 37.1 Å². The Bertz CT molecular complexity index is 402. The predicted molar refractivity (Wildman–Crippen MR) is 91.6 cm³/mol. The van der Waals surface area contributed by atoms with Crippen LogP contribution in [0.15, 0.2) is 24.3 Å². The van der Waals surface area contributed by atoms with Crippen molar-refractivity contribution >= 4 is 0 Å². The highest BCUT2D eigenvalue weighted by Crippen LogP contribution is 2.25. The molecule has 1 aliphatic heterocycles. The minimum absolute atomic E-state index is 0.450. The van der Waals surface area contributed by atoms with Crippen LogP contribution in [0.3, 0.4) is 0 Å². The summed E-state index contributed by atoms with van der Waals surface area (Å²) in [6, 6.07) is 9.57. The Labute approximate surface area is 130 Å². The van der Waals surface area contributed by atoms with Crippen LogP contribution in [0.1, 0.15) is 50.8 Å². The fraction of sp³-hybridized carbons (Fsp3) is 0.684. The van der Waals surface area contributed by atoms with Crippen LogP contribution in [0.2, 0.25) is 0 Å². The molecular formula is C19H32N2. The lowest BCUT2D eigenvalue weighted by Gasteiger charge is -2.35. The molecule has 0 aromatic heterocycles. The van der Waals surface area contributed by atoms with Gasteiger partial charge in [0.05, 0.1) is 0 Å². The molecule has 1 aliphatic rings. The minimum Gasteiger partial charge on any atom is -0.312 e. The topological polar surface area (TPSA) is 15.3 Å². The van der Waals surface area contributed by atoms with E-state index in [-0.39, 0.29) is 0 Å². The molecule has 0 radical (unpaired) electrons. The quantitative estimate of drug-likeness (QED) is 0.854. The van der Waals surface area contributed by atoms with Crippen molar-refractivity contribution < 1.29 is 0 Å². The molecule has 118 valence electrons. The number of aryl methyl sites for hydroxylation is 1. The molecule has 21 heavy (non-hydrogen) atoms. The molecular weight excluding hydrogens is 256 g/mol. The second-order valence-corrected chi connectivity index (χ2v) is 6.82. The summed E-state index contributed by atoms with van der Waals surface area (Å²) in [7, 11) is 2.08. The molecule has 1 atom stereocenters. The Morgan fingerprint density at radius 1 is 1.14 bits per heavy atom. The molecule has 1 aromatic carbocycles. The Kier molecular flexibility index (Phi) is 6.25. The summed E-state index contributed by atoms with van der Waals surface area (Å²) in [5.74, 6) is 1.77. The van der Waals surface area contributed by atoms with Crippen LogP contribution in [-0.2, 0) is 6.42 Å². The molecule has 1 heterocycles. The second kappa shape index (κ2) is 7.95. The maximum Gasteiger partial charge on any atom is 0.0446 e. The lowest BCUT2D eigenvalue weighted by Crippen LogP contribution is -2.40. The van der Waals surface area contributed by atoms with Crippen LogP contribution >= 0.6 is 0 Å². The third-order valence-corrected chi connectivity index (χ3v) is 5.15. The van der Waals surface area contributed by atoms with E-state index in [2.05, 4.69) is 62.3 Å². The summed E-state index contributed by atoms with van der Waals surface area (Å²) in [6.45, 7) is 10.6. The van der Waals surface area contributed by atoms with Crippen molar-refractivity contribution in [2.24, 2.45) is 11.8 Å². The number of likely N-dealkylation sites (tertiary alicyclic amines) is 1. The van der Waals surface area contributed by atoms with Crippen molar-refractivity contribution in [3.8, 4) is 0 Å². The lowest BCUT2D eigenvalue weighted by molar-refractivity contribution is 0.147. The van der Waals surface area contributed by atoms with Gasteiger partial charge < -0.3 is 10.2 Å². The van der Waals surface area contributed by atoms with Gasteiger partial charge in [0.25, 0.3) is 0 Å². The van der Waals surface area contributed by atoms with E-state index in [1.54, 1.807) is 0 Å². The van der Waals surface area contributed by atoms with Crippen LogP contribution in [0, 0.1) is 11.8 Å². The van der Waals surface area contributed by atoms with Gasteiger partial charge in [0, 0.05) is 12.6 Å². The molecule has 0 amide bonds. The van der Waals surface area contributed by atoms with E-state index in [4.69, 9.17) is 0 Å². The van der Waals surface area contributed by atoms with Crippen LogP contribution in [0.25, 0.3) is 0 Å². The Hall–Kier alpha value is -0.860. The number of likely N-dealkylation sites (N-methyl/N-ethyl adjacent to an activating group) is 1. The minimum atomic E-state index is 0.450. The first-order chi connectivity index (χ1) is 10.1. The van der Waals surface area contributed by atoms with Gasteiger partial charge in [-0.25, -0.2) is 0 Å². The second-order valence-electron chi connectivity index (χ2n) is 6.82. The zero-order valence-corrected chi connectivity index (χ0v) is 14.2. The largest absolute Gasteiger partial charge is 0.312 e. The number of piperidine rings is 1. The van der Waals surface area contributed by atoms with Gasteiger partial charge >= 0.3 is 0 Å². The first-order valence-corrected chi connectivity index (χ1v) is 8.62. The number of nitrogens with zero attached hydrogens (tertiary/aromatic N) is 1. The van der Waals surface area contributed by atoms with Gasteiger partial charge in [-0.15, -0.1) is 0 Å². The maximum atomic E-state index is 3.50. The highest BCUT2D eigenvalue weighted by molar-refractivity contribution is 5.25. The molecule has 2 rings (SSSR count). The highest BCUT2D eigenvalue weighted by Gasteiger charge is 2.23. The molecule has 1 saturated heterocycles. The Morgan fingerprint density at radius 2 is 1.76 bits per heavy atom. The van der Waals surface area contributed by atoms with Crippen molar-refractivity contribution in [3.63, 3.8) is 0 Å².